The van der Waals surface area contributed by atoms with Crippen LogP contribution in [0.25, 0.3) is 11.0 Å². The van der Waals surface area contributed by atoms with Crippen molar-refractivity contribution in [2.45, 2.75) is 39.3 Å². The Hall–Kier alpha value is -3.16. The quantitative estimate of drug-likeness (QED) is 0.343. The van der Waals surface area contributed by atoms with Crippen molar-refractivity contribution in [3.8, 4) is 0 Å². The summed E-state index contributed by atoms with van der Waals surface area (Å²) < 4.78 is 4.05. The van der Waals surface area contributed by atoms with Crippen LogP contribution in [0.3, 0.4) is 0 Å². The first-order chi connectivity index (χ1) is 17.8. The molecule has 0 radical (unpaired) electrons. The van der Waals surface area contributed by atoms with Crippen LogP contribution in [-0.4, -0.2) is 46.1 Å². The van der Waals surface area contributed by atoms with Gasteiger partial charge in [0.1, 0.15) is 6.04 Å². The van der Waals surface area contributed by atoms with Crippen molar-refractivity contribution in [3.63, 3.8) is 0 Å². The Balaban J connectivity index is 0.00000294. The molecule has 3 heterocycles. The normalized spacial score (nSPS) is 17.4. The molecule has 2 aliphatic heterocycles. The second kappa shape index (κ2) is 10.2. The first-order valence-electron chi connectivity index (χ1n) is 13.2. The van der Waals surface area contributed by atoms with Crippen molar-refractivity contribution < 1.29 is 4.79 Å². The number of hydrogen-bond acceptors (Lipinski definition) is 3. The SMILES string of the molecule is Br.Cc1ccc(CC(C(=O)N2CC3(CNC3)C2)n2c(=N)n(C(C)c3ccc(C)cc3)c3ccccc32)cc1. The minimum atomic E-state index is -0.475. The van der Waals surface area contributed by atoms with Crippen LogP contribution in [0.5, 0.6) is 0 Å². The number of carbonyl (C=O) groups excluding carboxylic acids is 1. The molecule has 1 aromatic heterocycles. The van der Waals surface area contributed by atoms with E-state index in [1.54, 1.807) is 0 Å². The van der Waals surface area contributed by atoms with E-state index < -0.39 is 6.04 Å². The van der Waals surface area contributed by atoms with E-state index in [1.807, 2.05) is 21.6 Å². The van der Waals surface area contributed by atoms with Crippen molar-refractivity contribution in [1.29, 1.82) is 5.41 Å². The molecule has 0 saturated carbocycles. The highest BCUT2D eigenvalue weighted by Crippen LogP contribution is 2.36. The Morgan fingerprint density at radius 2 is 1.45 bits per heavy atom. The number of aryl methyl sites for hydroxylation is 2. The van der Waals surface area contributed by atoms with Gasteiger partial charge >= 0.3 is 0 Å². The predicted octanol–water partition coefficient (Wildman–Crippen LogP) is 4.94. The van der Waals surface area contributed by atoms with Gasteiger partial charge in [0.05, 0.1) is 17.1 Å². The second-order valence-electron chi connectivity index (χ2n) is 11.1. The molecule has 2 unspecified atom stereocenters. The zero-order valence-corrected chi connectivity index (χ0v) is 24.0. The average molecular weight is 575 g/mol. The summed E-state index contributed by atoms with van der Waals surface area (Å²) in [6, 6.07) is 24.6. The molecule has 4 aromatic rings. The van der Waals surface area contributed by atoms with Gasteiger partial charge in [-0.25, -0.2) is 0 Å². The lowest BCUT2D eigenvalue weighted by atomic mass is 9.74. The monoisotopic (exact) mass is 573 g/mol. The van der Waals surface area contributed by atoms with Crippen LogP contribution in [0.1, 0.15) is 41.3 Å². The van der Waals surface area contributed by atoms with Crippen LogP contribution in [0.2, 0.25) is 0 Å². The number of para-hydroxylation sites is 2. The number of carbonyl (C=O) groups is 1. The Kier molecular flexibility index (Phi) is 7.09. The standard InChI is InChI=1S/C31H35N5O.BrH/c1-21-8-12-24(13-9-21)16-28(29(37)34-19-31(20-34)17-33-18-31)36-27-7-5-4-6-26(27)35(30(36)32)23(3)25-14-10-22(2)11-15-25;/h4-15,23,28,32-33H,16-20H2,1-3H3;1H. The number of aromatic nitrogens is 2. The molecule has 0 aliphatic carbocycles. The summed E-state index contributed by atoms with van der Waals surface area (Å²) in [6.45, 7) is 9.89. The highest BCUT2D eigenvalue weighted by molar-refractivity contribution is 8.93. The van der Waals surface area contributed by atoms with Crippen LogP contribution >= 0.6 is 17.0 Å². The van der Waals surface area contributed by atoms with Gasteiger partial charge in [-0.3, -0.25) is 14.8 Å². The molecule has 2 fully saturated rings. The van der Waals surface area contributed by atoms with Crippen LogP contribution in [0, 0.1) is 24.7 Å². The van der Waals surface area contributed by atoms with Crippen LogP contribution in [-0.2, 0) is 11.2 Å². The van der Waals surface area contributed by atoms with E-state index in [9.17, 15) is 10.2 Å². The molecule has 2 N–H and O–H groups in total. The lowest BCUT2D eigenvalue weighted by Gasteiger charge is -2.56. The van der Waals surface area contributed by atoms with Crippen molar-refractivity contribution >= 4 is 33.9 Å². The third kappa shape index (κ3) is 4.52. The molecule has 38 heavy (non-hydrogen) atoms. The van der Waals surface area contributed by atoms with E-state index in [1.165, 1.54) is 11.1 Å². The molecule has 2 saturated heterocycles. The average Bonchev–Trinajstić information content (AvgIpc) is 3.13. The molecular formula is C31H36BrN5O. The molecule has 2 atom stereocenters. The van der Waals surface area contributed by atoms with Gasteiger partial charge in [0, 0.05) is 38.0 Å². The number of imidazole rings is 1. The molecule has 2 aliphatic rings. The van der Waals surface area contributed by atoms with Gasteiger partial charge in [-0.15, -0.1) is 17.0 Å². The number of hydrogen-bond donors (Lipinski definition) is 2. The van der Waals surface area contributed by atoms with Gasteiger partial charge in [0.25, 0.3) is 0 Å². The van der Waals surface area contributed by atoms with Crippen molar-refractivity contribution in [2.75, 3.05) is 26.2 Å². The summed E-state index contributed by atoms with van der Waals surface area (Å²) in [5.74, 6) is 0.113. The van der Waals surface area contributed by atoms with Gasteiger partial charge < -0.3 is 14.8 Å². The summed E-state index contributed by atoms with van der Waals surface area (Å²) in [5, 5.41) is 12.8. The zero-order valence-electron chi connectivity index (χ0n) is 22.3. The van der Waals surface area contributed by atoms with Crippen LogP contribution < -0.4 is 10.9 Å². The van der Waals surface area contributed by atoms with Gasteiger partial charge in [-0.05, 0) is 44.0 Å². The molecule has 7 heteroatoms. The highest BCUT2D eigenvalue weighted by atomic mass is 79.9. The summed E-state index contributed by atoms with van der Waals surface area (Å²) in [7, 11) is 0. The Morgan fingerprint density at radius 1 is 0.895 bits per heavy atom. The molecule has 6 rings (SSSR count). The molecular weight excluding hydrogens is 538 g/mol. The third-order valence-corrected chi connectivity index (χ3v) is 8.31. The summed E-state index contributed by atoms with van der Waals surface area (Å²) in [6.07, 6.45) is 0.560. The fourth-order valence-corrected chi connectivity index (χ4v) is 5.99. The largest absolute Gasteiger partial charge is 0.339 e. The van der Waals surface area contributed by atoms with E-state index >= 15 is 0 Å². The van der Waals surface area contributed by atoms with Gasteiger partial charge in [-0.1, -0.05) is 71.8 Å². The maximum Gasteiger partial charge on any atom is 0.246 e. The number of amides is 1. The number of likely N-dealkylation sites (tertiary alicyclic amines) is 1. The number of nitrogens with zero attached hydrogens (tertiary/aromatic N) is 3. The van der Waals surface area contributed by atoms with Gasteiger partial charge in [0.2, 0.25) is 11.5 Å². The Bertz CT molecular complexity index is 1510. The molecule has 0 bridgehead atoms. The maximum atomic E-state index is 14.1. The van der Waals surface area contributed by atoms with E-state index in [0.29, 0.717) is 12.0 Å². The first kappa shape index (κ1) is 26.4. The lowest BCUT2D eigenvalue weighted by Crippen LogP contribution is -2.72. The molecule has 1 amide bonds. The smallest absolute Gasteiger partial charge is 0.246 e. The van der Waals surface area contributed by atoms with Crippen molar-refractivity contribution in [3.05, 3.63) is 101 Å². The Labute approximate surface area is 234 Å². The first-order valence-corrected chi connectivity index (χ1v) is 13.2. The second-order valence-corrected chi connectivity index (χ2v) is 11.1. The molecule has 198 valence electrons. The number of nitrogens with one attached hydrogen (secondary N) is 2. The lowest BCUT2D eigenvalue weighted by molar-refractivity contribution is -0.150. The zero-order chi connectivity index (χ0) is 25.7. The summed E-state index contributed by atoms with van der Waals surface area (Å²) in [5.41, 5.74) is 7.20. The number of benzene rings is 3. The Morgan fingerprint density at radius 3 is 2.00 bits per heavy atom. The van der Waals surface area contributed by atoms with E-state index in [-0.39, 0.29) is 34.3 Å². The predicted molar refractivity (Wildman–Crippen MR) is 157 cm³/mol. The van der Waals surface area contributed by atoms with Crippen LogP contribution in [0.15, 0.2) is 72.8 Å². The minimum Gasteiger partial charge on any atom is -0.339 e. The van der Waals surface area contributed by atoms with Crippen molar-refractivity contribution in [2.24, 2.45) is 5.41 Å². The molecule has 3 aromatic carbocycles. The van der Waals surface area contributed by atoms with Gasteiger partial charge in [-0.2, -0.15) is 0 Å². The number of rotatable bonds is 6. The maximum absolute atomic E-state index is 14.1. The molecule has 6 nitrogen and oxygen atoms in total. The topological polar surface area (TPSA) is 66.1 Å². The molecule has 1 spiro atoms. The van der Waals surface area contributed by atoms with E-state index in [4.69, 9.17) is 0 Å². The van der Waals surface area contributed by atoms with E-state index in [2.05, 4.69) is 91.3 Å². The third-order valence-electron chi connectivity index (χ3n) is 8.31. The van der Waals surface area contributed by atoms with Crippen LogP contribution in [0.4, 0.5) is 0 Å². The summed E-state index contributed by atoms with van der Waals surface area (Å²) >= 11 is 0. The van der Waals surface area contributed by atoms with E-state index in [0.717, 1.165) is 48.3 Å². The number of fused-ring (bicyclic) bond motifs is 1. The minimum absolute atomic E-state index is 0. The summed E-state index contributed by atoms with van der Waals surface area (Å²) in [4.78, 5) is 16.1. The fraction of sp³-hybridized carbons (Fsp3) is 0.355. The van der Waals surface area contributed by atoms with Crippen molar-refractivity contribution in [1.82, 2.24) is 19.4 Å². The van der Waals surface area contributed by atoms with Gasteiger partial charge in [0.15, 0.2) is 0 Å². The fourth-order valence-electron chi connectivity index (χ4n) is 5.99. The highest BCUT2D eigenvalue weighted by Gasteiger charge is 2.50. The number of halogens is 1.